The largest absolute Gasteiger partial charge is 0.393 e. The zero-order chi connectivity index (χ0) is 14.5. The molecule has 0 aliphatic carbocycles. The first-order valence-electron chi connectivity index (χ1n) is 7.00. The number of aromatic nitrogens is 1. The fourth-order valence-corrected chi connectivity index (χ4v) is 2.15. The maximum absolute atomic E-state index is 13.7. The van der Waals surface area contributed by atoms with Crippen molar-refractivity contribution in [2.75, 3.05) is 6.54 Å². The summed E-state index contributed by atoms with van der Waals surface area (Å²) in [5.41, 5.74) is 1.67. The van der Waals surface area contributed by atoms with E-state index in [1.165, 1.54) is 6.07 Å². The Labute approximate surface area is 118 Å². The Bertz CT molecular complexity index is 571. The number of aliphatic hydroxyl groups excluding tert-OH is 1. The Balaban J connectivity index is 1.99. The maximum atomic E-state index is 13.7. The lowest BCUT2D eigenvalue weighted by molar-refractivity contribution is 0.116. The lowest BCUT2D eigenvalue weighted by atomic mass is 10.0. The molecule has 20 heavy (non-hydrogen) atoms. The molecule has 4 heteroatoms. The number of nitrogens with zero attached hydrogens (tertiary/aromatic N) is 1. The molecule has 0 saturated carbocycles. The number of rotatable bonds is 6. The molecule has 0 aliphatic rings. The molecule has 0 amide bonds. The van der Waals surface area contributed by atoms with E-state index >= 15 is 0 Å². The first-order chi connectivity index (χ1) is 9.59. The van der Waals surface area contributed by atoms with Crippen LogP contribution in [0.2, 0.25) is 0 Å². The second-order valence-electron chi connectivity index (χ2n) is 5.38. The molecule has 1 unspecified atom stereocenters. The molecule has 0 saturated heterocycles. The molecule has 1 aromatic carbocycles. The topological polar surface area (TPSA) is 45.1 Å². The van der Waals surface area contributed by atoms with E-state index in [-0.39, 0.29) is 17.8 Å². The Hall–Kier alpha value is -1.52. The van der Waals surface area contributed by atoms with Gasteiger partial charge in [0.25, 0.3) is 0 Å². The lowest BCUT2D eigenvalue weighted by Crippen LogP contribution is -2.23. The molecule has 0 bridgehead atoms. The minimum absolute atomic E-state index is 0.243. The highest BCUT2D eigenvalue weighted by atomic mass is 19.1. The summed E-state index contributed by atoms with van der Waals surface area (Å²) in [6, 6.07) is 6.71. The Morgan fingerprint density at radius 3 is 2.85 bits per heavy atom. The molecule has 108 valence electrons. The Morgan fingerprint density at radius 1 is 1.30 bits per heavy atom. The predicted octanol–water partition coefficient (Wildman–Crippen LogP) is 2.87. The van der Waals surface area contributed by atoms with E-state index in [1.54, 1.807) is 24.4 Å². The van der Waals surface area contributed by atoms with Crippen LogP contribution in [-0.4, -0.2) is 22.7 Å². The number of aliphatic hydroxyl groups is 1. The summed E-state index contributed by atoms with van der Waals surface area (Å²) in [7, 11) is 0. The van der Waals surface area contributed by atoms with Crippen molar-refractivity contribution in [1.29, 1.82) is 0 Å². The molecular formula is C16H21FN2O. The van der Waals surface area contributed by atoms with Crippen molar-refractivity contribution in [3.63, 3.8) is 0 Å². The number of pyridine rings is 1. The van der Waals surface area contributed by atoms with Crippen LogP contribution in [0, 0.1) is 11.7 Å². The third-order valence-electron chi connectivity index (χ3n) is 3.50. The number of fused-ring (bicyclic) bond motifs is 1. The van der Waals surface area contributed by atoms with Crippen LogP contribution in [0.4, 0.5) is 4.39 Å². The van der Waals surface area contributed by atoms with Gasteiger partial charge in [-0.15, -0.1) is 0 Å². The van der Waals surface area contributed by atoms with Gasteiger partial charge in [0.1, 0.15) is 5.82 Å². The molecule has 3 nitrogen and oxygen atoms in total. The molecule has 0 aliphatic heterocycles. The van der Waals surface area contributed by atoms with E-state index in [0.29, 0.717) is 23.9 Å². The first-order valence-corrected chi connectivity index (χ1v) is 7.00. The van der Waals surface area contributed by atoms with Crippen LogP contribution in [0.5, 0.6) is 0 Å². The van der Waals surface area contributed by atoms with E-state index < -0.39 is 0 Å². The standard InChI is InChI=1S/C16H21FN2O/c1-11(2)15(20)7-9-18-10-12-5-6-14(17)13-4-3-8-19-16(12)13/h3-6,8,11,15,18,20H,7,9-10H2,1-2H3. The normalized spacial score (nSPS) is 13.1. The van der Waals surface area contributed by atoms with Crippen LogP contribution in [0.3, 0.4) is 0 Å². The van der Waals surface area contributed by atoms with Crippen molar-refractivity contribution in [2.24, 2.45) is 5.92 Å². The van der Waals surface area contributed by atoms with Crippen LogP contribution in [0.1, 0.15) is 25.8 Å². The van der Waals surface area contributed by atoms with Gasteiger partial charge in [-0.25, -0.2) is 4.39 Å². The van der Waals surface area contributed by atoms with E-state index in [2.05, 4.69) is 10.3 Å². The van der Waals surface area contributed by atoms with Crippen LogP contribution < -0.4 is 5.32 Å². The quantitative estimate of drug-likeness (QED) is 0.797. The van der Waals surface area contributed by atoms with Crippen LogP contribution >= 0.6 is 0 Å². The predicted molar refractivity (Wildman–Crippen MR) is 78.9 cm³/mol. The second-order valence-corrected chi connectivity index (χ2v) is 5.38. The van der Waals surface area contributed by atoms with E-state index in [9.17, 15) is 9.50 Å². The van der Waals surface area contributed by atoms with Crippen molar-refractivity contribution < 1.29 is 9.50 Å². The number of hydrogen-bond donors (Lipinski definition) is 2. The average Bonchev–Trinajstić information content (AvgIpc) is 2.45. The molecule has 2 aromatic rings. The van der Waals surface area contributed by atoms with Gasteiger partial charge in [-0.2, -0.15) is 0 Å². The van der Waals surface area contributed by atoms with Gasteiger partial charge in [-0.1, -0.05) is 19.9 Å². The van der Waals surface area contributed by atoms with E-state index in [1.807, 2.05) is 13.8 Å². The average molecular weight is 276 g/mol. The zero-order valence-electron chi connectivity index (χ0n) is 11.9. The molecule has 0 fully saturated rings. The molecule has 2 N–H and O–H groups in total. The summed E-state index contributed by atoms with van der Waals surface area (Å²) in [5.74, 6) is 0.0252. The van der Waals surface area contributed by atoms with Crippen molar-refractivity contribution in [2.45, 2.75) is 32.9 Å². The number of benzene rings is 1. The first kappa shape index (κ1) is 14.9. The number of hydrogen-bond acceptors (Lipinski definition) is 3. The van der Waals surface area contributed by atoms with Gasteiger partial charge in [-0.3, -0.25) is 4.98 Å². The minimum atomic E-state index is -0.286. The molecule has 0 radical (unpaired) electrons. The summed E-state index contributed by atoms with van der Waals surface area (Å²) in [5, 5.41) is 13.6. The highest BCUT2D eigenvalue weighted by molar-refractivity contribution is 5.82. The highest BCUT2D eigenvalue weighted by Gasteiger charge is 2.09. The Kier molecular flexibility index (Phi) is 5.04. The third kappa shape index (κ3) is 3.52. The summed E-state index contributed by atoms with van der Waals surface area (Å²) in [6.07, 6.45) is 2.10. The van der Waals surface area contributed by atoms with Crippen LogP contribution in [-0.2, 0) is 6.54 Å². The Morgan fingerprint density at radius 2 is 2.10 bits per heavy atom. The number of halogens is 1. The van der Waals surface area contributed by atoms with Gasteiger partial charge >= 0.3 is 0 Å². The molecule has 1 atom stereocenters. The van der Waals surface area contributed by atoms with Gasteiger partial charge in [-0.05, 0) is 42.6 Å². The lowest BCUT2D eigenvalue weighted by Gasteiger charge is -2.14. The van der Waals surface area contributed by atoms with Crippen LogP contribution in [0.25, 0.3) is 10.9 Å². The summed E-state index contributed by atoms with van der Waals surface area (Å²) < 4.78 is 13.7. The van der Waals surface area contributed by atoms with Gasteiger partial charge in [0, 0.05) is 18.1 Å². The van der Waals surface area contributed by atoms with E-state index in [4.69, 9.17) is 0 Å². The highest BCUT2D eigenvalue weighted by Crippen LogP contribution is 2.19. The fraction of sp³-hybridized carbons (Fsp3) is 0.438. The fourth-order valence-electron chi connectivity index (χ4n) is 2.15. The smallest absolute Gasteiger partial charge is 0.132 e. The zero-order valence-corrected chi connectivity index (χ0v) is 11.9. The second kappa shape index (κ2) is 6.77. The number of nitrogens with one attached hydrogen (secondary N) is 1. The van der Waals surface area contributed by atoms with Crippen LogP contribution in [0.15, 0.2) is 30.5 Å². The molecule has 2 rings (SSSR count). The van der Waals surface area contributed by atoms with Crippen molar-refractivity contribution in [1.82, 2.24) is 10.3 Å². The van der Waals surface area contributed by atoms with Crippen molar-refractivity contribution >= 4 is 10.9 Å². The molecular weight excluding hydrogens is 255 g/mol. The summed E-state index contributed by atoms with van der Waals surface area (Å²) in [4.78, 5) is 4.25. The molecule has 1 heterocycles. The summed E-state index contributed by atoms with van der Waals surface area (Å²) in [6.45, 7) is 5.35. The van der Waals surface area contributed by atoms with Gasteiger partial charge < -0.3 is 10.4 Å². The third-order valence-corrected chi connectivity index (χ3v) is 3.50. The van der Waals surface area contributed by atoms with Crippen molar-refractivity contribution in [3.8, 4) is 0 Å². The molecule has 1 aromatic heterocycles. The van der Waals surface area contributed by atoms with E-state index in [0.717, 1.165) is 12.1 Å². The monoisotopic (exact) mass is 276 g/mol. The SMILES string of the molecule is CC(C)C(O)CCNCc1ccc(F)c2cccnc12. The minimum Gasteiger partial charge on any atom is -0.393 e. The van der Waals surface area contributed by atoms with Gasteiger partial charge in [0.2, 0.25) is 0 Å². The molecule has 0 spiro atoms. The van der Waals surface area contributed by atoms with Crippen molar-refractivity contribution in [3.05, 3.63) is 41.8 Å². The van der Waals surface area contributed by atoms with Gasteiger partial charge in [0.15, 0.2) is 0 Å². The summed E-state index contributed by atoms with van der Waals surface area (Å²) >= 11 is 0. The maximum Gasteiger partial charge on any atom is 0.132 e. The van der Waals surface area contributed by atoms with Gasteiger partial charge in [0.05, 0.1) is 11.6 Å².